The number of hydrogen-bond acceptors (Lipinski definition) is 3. The Morgan fingerprint density at radius 3 is 2.41 bits per heavy atom. The van der Waals surface area contributed by atoms with Gasteiger partial charge in [0.25, 0.3) is 0 Å². The molecule has 5 aliphatic rings. The summed E-state index contributed by atoms with van der Waals surface area (Å²) in [5, 5.41) is 7.60. The highest BCUT2D eigenvalue weighted by Gasteiger charge is 2.66. The molecule has 5 fully saturated rings. The molecule has 2 saturated heterocycles. The maximum Gasteiger partial charge on any atom is 0.191 e. The number of aliphatic imine (C=N–C) groups is 1. The van der Waals surface area contributed by atoms with Crippen molar-refractivity contribution < 1.29 is 4.74 Å². The van der Waals surface area contributed by atoms with Crippen molar-refractivity contribution in [2.24, 2.45) is 16.3 Å². The zero-order valence-electron chi connectivity index (χ0n) is 17.1. The summed E-state index contributed by atoms with van der Waals surface area (Å²) in [6.45, 7) is 3.47. The van der Waals surface area contributed by atoms with Crippen molar-refractivity contribution in [2.45, 2.75) is 94.9 Å². The topological polar surface area (TPSA) is 48.9 Å². The van der Waals surface area contributed by atoms with Crippen LogP contribution in [0.5, 0.6) is 0 Å². The van der Waals surface area contributed by atoms with Gasteiger partial charge in [-0.15, -0.1) is 0 Å². The first kappa shape index (κ1) is 18.2. The Hall–Kier alpha value is -0.810. The number of nitrogens with zero attached hydrogens (tertiary/aromatic N) is 2. The quantitative estimate of drug-likeness (QED) is 0.589. The second-order valence-corrected chi connectivity index (χ2v) is 9.77. The Balaban J connectivity index is 1.13. The highest BCUT2D eigenvalue weighted by Crippen LogP contribution is 2.62. The van der Waals surface area contributed by atoms with Gasteiger partial charge in [-0.2, -0.15) is 0 Å². The van der Waals surface area contributed by atoms with Crippen LogP contribution in [0.4, 0.5) is 0 Å². The Morgan fingerprint density at radius 1 is 0.963 bits per heavy atom. The SMILES string of the molecule is CN=C(NC1CCN(C2CCCCC2)CC1)NC1C2CCOC2C12CCC2. The predicted octanol–water partition coefficient (Wildman–Crippen LogP) is 2.91. The molecule has 152 valence electrons. The Kier molecular flexibility index (Phi) is 5.10. The molecule has 3 saturated carbocycles. The summed E-state index contributed by atoms with van der Waals surface area (Å²) in [6, 6.07) is 2.02. The molecule has 27 heavy (non-hydrogen) atoms. The summed E-state index contributed by atoms with van der Waals surface area (Å²) in [5.74, 6) is 1.74. The summed E-state index contributed by atoms with van der Waals surface area (Å²) in [4.78, 5) is 7.36. The lowest BCUT2D eigenvalue weighted by atomic mass is 9.46. The highest BCUT2D eigenvalue weighted by molar-refractivity contribution is 5.80. The maximum atomic E-state index is 6.07. The molecule has 3 aliphatic carbocycles. The second kappa shape index (κ2) is 7.55. The zero-order chi connectivity index (χ0) is 18.3. The van der Waals surface area contributed by atoms with Crippen LogP contribution in [0.2, 0.25) is 0 Å². The van der Waals surface area contributed by atoms with E-state index in [1.807, 2.05) is 7.05 Å². The van der Waals surface area contributed by atoms with Gasteiger partial charge in [-0.3, -0.25) is 4.99 Å². The van der Waals surface area contributed by atoms with E-state index in [0.717, 1.165) is 18.6 Å². The first-order valence-corrected chi connectivity index (χ1v) is 11.7. The molecule has 2 heterocycles. The summed E-state index contributed by atoms with van der Waals surface area (Å²) < 4.78 is 6.07. The fourth-order valence-electron chi connectivity index (χ4n) is 6.82. The molecule has 0 aromatic rings. The van der Waals surface area contributed by atoms with E-state index in [2.05, 4.69) is 20.5 Å². The minimum atomic E-state index is 0.420. The van der Waals surface area contributed by atoms with Gasteiger partial charge in [-0.1, -0.05) is 25.7 Å². The predicted molar refractivity (Wildman–Crippen MR) is 109 cm³/mol. The largest absolute Gasteiger partial charge is 0.377 e. The van der Waals surface area contributed by atoms with Gasteiger partial charge in [0.1, 0.15) is 0 Å². The van der Waals surface area contributed by atoms with Gasteiger partial charge in [0.15, 0.2) is 5.96 Å². The summed E-state index contributed by atoms with van der Waals surface area (Å²) in [5.41, 5.74) is 0.420. The third kappa shape index (κ3) is 3.19. The standard InChI is InChI=1S/C22H38N4O/c1-23-21(25-19-18-10-15-27-20(18)22(19)11-5-12-22)24-16-8-13-26(14-9-16)17-6-3-2-4-7-17/h16-20H,2-15H2,1H3,(H2,23,24,25). The molecule has 0 radical (unpaired) electrons. The van der Waals surface area contributed by atoms with E-state index in [4.69, 9.17) is 4.74 Å². The molecular weight excluding hydrogens is 336 g/mol. The van der Waals surface area contributed by atoms with Gasteiger partial charge in [0, 0.05) is 56.2 Å². The van der Waals surface area contributed by atoms with Crippen LogP contribution in [0.3, 0.4) is 0 Å². The molecule has 2 N–H and O–H groups in total. The molecule has 5 heteroatoms. The zero-order valence-corrected chi connectivity index (χ0v) is 17.1. The molecule has 2 aliphatic heterocycles. The summed E-state index contributed by atoms with van der Waals surface area (Å²) in [7, 11) is 1.93. The van der Waals surface area contributed by atoms with E-state index in [-0.39, 0.29) is 0 Å². The molecule has 0 aromatic heterocycles. The number of nitrogens with one attached hydrogen (secondary N) is 2. The summed E-state index contributed by atoms with van der Waals surface area (Å²) >= 11 is 0. The van der Waals surface area contributed by atoms with E-state index >= 15 is 0 Å². The number of rotatable bonds is 3. The van der Waals surface area contributed by atoms with Crippen LogP contribution in [0.15, 0.2) is 4.99 Å². The molecule has 3 atom stereocenters. The maximum absolute atomic E-state index is 6.07. The minimum Gasteiger partial charge on any atom is -0.377 e. The molecule has 5 nitrogen and oxygen atoms in total. The minimum absolute atomic E-state index is 0.420. The lowest BCUT2D eigenvalue weighted by Crippen LogP contribution is -2.72. The van der Waals surface area contributed by atoms with Crippen molar-refractivity contribution >= 4 is 5.96 Å². The van der Waals surface area contributed by atoms with E-state index < -0.39 is 0 Å². The smallest absolute Gasteiger partial charge is 0.191 e. The fraction of sp³-hybridized carbons (Fsp3) is 0.955. The Morgan fingerprint density at radius 2 is 1.74 bits per heavy atom. The number of fused-ring (bicyclic) bond motifs is 2. The van der Waals surface area contributed by atoms with Crippen LogP contribution in [-0.2, 0) is 4.74 Å². The van der Waals surface area contributed by atoms with Crippen LogP contribution in [0, 0.1) is 11.3 Å². The number of guanidine groups is 1. The fourth-order valence-corrected chi connectivity index (χ4v) is 6.82. The van der Waals surface area contributed by atoms with E-state index in [1.54, 1.807) is 0 Å². The Labute approximate surface area is 164 Å². The van der Waals surface area contributed by atoms with Crippen molar-refractivity contribution in [1.29, 1.82) is 0 Å². The van der Waals surface area contributed by atoms with E-state index in [9.17, 15) is 0 Å². The van der Waals surface area contributed by atoms with Gasteiger partial charge >= 0.3 is 0 Å². The molecular formula is C22H38N4O. The van der Waals surface area contributed by atoms with Crippen LogP contribution in [0.1, 0.15) is 70.6 Å². The Bertz CT molecular complexity index is 547. The van der Waals surface area contributed by atoms with Crippen molar-refractivity contribution in [3.05, 3.63) is 0 Å². The summed E-state index contributed by atoms with van der Waals surface area (Å²) in [6.07, 6.45) is 15.5. The van der Waals surface area contributed by atoms with E-state index in [0.29, 0.717) is 29.5 Å². The normalized spacial score (nSPS) is 37.5. The number of hydrogen-bond donors (Lipinski definition) is 2. The average molecular weight is 375 g/mol. The van der Waals surface area contributed by atoms with Crippen molar-refractivity contribution in [1.82, 2.24) is 15.5 Å². The van der Waals surface area contributed by atoms with Crippen LogP contribution >= 0.6 is 0 Å². The molecule has 1 spiro atoms. The second-order valence-electron chi connectivity index (χ2n) is 9.77. The first-order valence-electron chi connectivity index (χ1n) is 11.7. The number of likely N-dealkylation sites (tertiary alicyclic amines) is 1. The molecule has 0 amide bonds. The third-order valence-corrected chi connectivity index (χ3v) is 8.51. The van der Waals surface area contributed by atoms with Gasteiger partial charge < -0.3 is 20.3 Å². The van der Waals surface area contributed by atoms with Crippen LogP contribution in [-0.4, -0.2) is 61.8 Å². The van der Waals surface area contributed by atoms with E-state index in [1.165, 1.54) is 83.7 Å². The van der Waals surface area contributed by atoms with Crippen LogP contribution in [0.25, 0.3) is 0 Å². The van der Waals surface area contributed by atoms with Crippen molar-refractivity contribution in [2.75, 3.05) is 26.7 Å². The number of piperidine rings is 1. The first-order chi connectivity index (χ1) is 13.3. The highest BCUT2D eigenvalue weighted by atomic mass is 16.5. The van der Waals surface area contributed by atoms with Gasteiger partial charge in [0.2, 0.25) is 0 Å². The molecule has 0 bridgehead atoms. The monoisotopic (exact) mass is 374 g/mol. The molecule has 5 rings (SSSR count). The molecule has 3 unspecified atom stereocenters. The van der Waals surface area contributed by atoms with Gasteiger partial charge in [0.05, 0.1) is 6.10 Å². The molecule has 0 aromatic carbocycles. The van der Waals surface area contributed by atoms with Crippen LogP contribution < -0.4 is 10.6 Å². The number of ether oxygens (including phenoxy) is 1. The average Bonchev–Trinajstić information content (AvgIpc) is 3.10. The lowest BCUT2D eigenvalue weighted by molar-refractivity contribution is -0.171. The third-order valence-electron chi connectivity index (χ3n) is 8.51. The lowest BCUT2D eigenvalue weighted by Gasteiger charge is -2.63. The van der Waals surface area contributed by atoms with Crippen molar-refractivity contribution in [3.63, 3.8) is 0 Å². The van der Waals surface area contributed by atoms with Gasteiger partial charge in [-0.25, -0.2) is 0 Å². The van der Waals surface area contributed by atoms with Crippen molar-refractivity contribution in [3.8, 4) is 0 Å². The van der Waals surface area contributed by atoms with Gasteiger partial charge in [-0.05, 0) is 44.9 Å².